The van der Waals surface area contributed by atoms with Crippen LogP contribution >= 0.6 is 0 Å². The van der Waals surface area contributed by atoms with E-state index in [0.29, 0.717) is 0 Å². The Morgan fingerprint density at radius 3 is 2.91 bits per heavy atom. The van der Waals surface area contributed by atoms with Crippen LogP contribution < -0.4 is 4.90 Å². The standard InChI is InChI=1S/C17H22N4O/c1-20-15(13-22)6-9-21(11-14-4-2-7-18-10-14)12-16-17(20)5-3-8-19-16/h2-5,7-8,10,15,22H,6,9,11-13H2,1H3/t15-/m0/s1. The van der Waals surface area contributed by atoms with Gasteiger partial charge in [0.1, 0.15) is 0 Å². The monoisotopic (exact) mass is 298 g/mol. The van der Waals surface area contributed by atoms with Crippen molar-refractivity contribution in [3.05, 3.63) is 54.1 Å². The Balaban J connectivity index is 1.85. The van der Waals surface area contributed by atoms with Gasteiger partial charge in [-0.25, -0.2) is 0 Å². The number of nitrogens with zero attached hydrogens (tertiary/aromatic N) is 4. The number of hydrogen-bond donors (Lipinski definition) is 1. The maximum absolute atomic E-state index is 9.69. The van der Waals surface area contributed by atoms with Gasteiger partial charge < -0.3 is 10.0 Å². The predicted molar refractivity (Wildman–Crippen MR) is 86.5 cm³/mol. The Morgan fingerprint density at radius 2 is 2.14 bits per heavy atom. The molecule has 0 aliphatic carbocycles. The summed E-state index contributed by atoms with van der Waals surface area (Å²) in [6, 6.07) is 8.23. The Hall–Kier alpha value is -1.98. The van der Waals surface area contributed by atoms with Crippen molar-refractivity contribution in [2.75, 3.05) is 25.1 Å². The molecule has 116 valence electrons. The molecular weight excluding hydrogens is 276 g/mol. The lowest BCUT2D eigenvalue weighted by molar-refractivity contribution is 0.204. The van der Waals surface area contributed by atoms with E-state index in [4.69, 9.17) is 0 Å². The molecule has 0 aromatic carbocycles. The largest absolute Gasteiger partial charge is 0.394 e. The van der Waals surface area contributed by atoms with Crippen molar-refractivity contribution in [1.82, 2.24) is 14.9 Å². The zero-order valence-corrected chi connectivity index (χ0v) is 12.9. The fourth-order valence-corrected chi connectivity index (χ4v) is 2.98. The number of rotatable bonds is 3. The van der Waals surface area contributed by atoms with Crippen molar-refractivity contribution in [3.8, 4) is 0 Å². The molecule has 0 radical (unpaired) electrons. The maximum atomic E-state index is 9.69. The first-order chi connectivity index (χ1) is 10.8. The Bertz CT molecular complexity index is 605. The highest BCUT2D eigenvalue weighted by Crippen LogP contribution is 2.25. The van der Waals surface area contributed by atoms with E-state index < -0.39 is 0 Å². The summed E-state index contributed by atoms with van der Waals surface area (Å²) in [5, 5.41) is 9.69. The van der Waals surface area contributed by atoms with Crippen molar-refractivity contribution in [2.24, 2.45) is 0 Å². The van der Waals surface area contributed by atoms with Gasteiger partial charge in [0.2, 0.25) is 0 Å². The molecule has 3 heterocycles. The molecule has 0 fully saturated rings. The number of fused-ring (bicyclic) bond motifs is 1. The minimum atomic E-state index is 0.125. The number of aliphatic hydroxyl groups excluding tert-OH is 1. The maximum Gasteiger partial charge on any atom is 0.0776 e. The molecule has 0 saturated heterocycles. The minimum Gasteiger partial charge on any atom is -0.394 e. The number of pyridine rings is 2. The van der Waals surface area contributed by atoms with Crippen LogP contribution in [0.4, 0.5) is 5.69 Å². The van der Waals surface area contributed by atoms with E-state index in [-0.39, 0.29) is 12.6 Å². The summed E-state index contributed by atoms with van der Waals surface area (Å²) in [7, 11) is 2.04. The van der Waals surface area contributed by atoms with E-state index in [0.717, 1.165) is 37.4 Å². The Labute approximate surface area is 131 Å². The topological polar surface area (TPSA) is 52.5 Å². The first kappa shape index (κ1) is 14.9. The summed E-state index contributed by atoms with van der Waals surface area (Å²) >= 11 is 0. The third-order valence-corrected chi connectivity index (χ3v) is 4.29. The van der Waals surface area contributed by atoms with Gasteiger partial charge in [0.15, 0.2) is 0 Å². The van der Waals surface area contributed by atoms with Crippen LogP contribution in [0.15, 0.2) is 42.9 Å². The zero-order valence-electron chi connectivity index (χ0n) is 12.9. The van der Waals surface area contributed by atoms with Gasteiger partial charge in [0.25, 0.3) is 0 Å². The van der Waals surface area contributed by atoms with Crippen LogP contribution in [0.25, 0.3) is 0 Å². The number of anilines is 1. The van der Waals surface area contributed by atoms with Gasteiger partial charge in [-0.1, -0.05) is 6.07 Å². The third-order valence-electron chi connectivity index (χ3n) is 4.29. The van der Waals surface area contributed by atoms with Gasteiger partial charge in [0, 0.05) is 45.3 Å². The second kappa shape index (κ2) is 6.85. The van der Waals surface area contributed by atoms with Crippen LogP contribution in [0.1, 0.15) is 17.7 Å². The van der Waals surface area contributed by atoms with Crippen molar-refractivity contribution >= 4 is 5.69 Å². The molecule has 0 bridgehead atoms. The minimum absolute atomic E-state index is 0.125. The molecule has 0 unspecified atom stereocenters. The summed E-state index contributed by atoms with van der Waals surface area (Å²) < 4.78 is 0. The van der Waals surface area contributed by atoms with Crippen LogP contribution in [0.5, 0.6) is 0 Å². The second-order valence-corrected chi connectivity index (χ2v) is 5.78. The quantitative estimate of drug-likeness (QED) is 0.934. The molecule has 1 atom stereocenters. The third kappa shape index (κ3) is 3.26. The van der Waals surface area contributed by atoms with E-state index in [1.807, 2.05) is 31.6 Å². The number of aliphatic hydroxyl groups is 1. The summed E-state index contributed by atoms with van der Waals surface area (Å²) in [6.45, 7) is 2.76. The Kier molecular flexibility index (Phi) is 4.65. The van der Waals surface area contributed by atoms with E-state index >= 15 is 0 Å². The average molecular weight is 298 g/mol. The van der Waals surface area contributed by atoms with Crippen molar-refractivity contribution in [3.63, 3.8) is 0 Å². The molecular formula is C17H22N4O. The highest BCUT2D eigenvalue weighted by atomic mass is 16.3. The van der Waals surface area contributed by atoms with Gasteiger partial charge in [-0.15, -0.1) is 0 Å². The predicted octanol–water partition coefficient (Wildman–Crippen LogP) is 1.68. The van der Waals surface area contributed by atoms with Crippen molar-refractivity contribution < 1.29 is 5.11 Å². The molecule has 2 aromatic rings. The van der Waals surface area contributed by atoms with Crippen molar-refractivity contribution in [1.29, 1.82) is 0 Å². The smallest absolute Gasteiger partial charge is 0.0776 e. The van der Waals surface area contributed by atoms with E-state index in [9.17, 15) is 5.11 Å². The van der Waals surface area contributed by atoms with Gasteiger partial charge >= 0.3 is 0 Å². The van der Waals surface area contributed by atoms with Gasteiger partial charge in [-0.2, -0.15) is 0 Å². The molecule has 22 heavy (non-hydrogen) atoms. The van der Waals surface area contributed by atoms with E-state index in [1.165, 1.54) is 5.56 Å². The normalized spacial score (nSPS) is 19.4. The van der Waals surface area contributed by atoms with Gasteiger partial charge in [0.05, 0.1) is 24.0 Å². The molecule has 5 heteroatoms. The molecule has 5 nitrogen and oxygen atoms in total. The summed E-state index contributed by atoms with van der Waals surface area (Å²) in [4.78, 5) is 13.3. The lowest BCUT2D eigenvalue weighted by atomic mass is 10.1. The fourth-order valence-electron chi connectivity index (χ4n) is 2.98. The van der Waals surface area contributed by atoms with Crippen LogP contribution in [-0.4, -0.2) is 46.2 Å². The fraction of sp³-hybridized carbons (Fsp3) is 0.412. The van der Waals surface area contributed by atoms with Gasteiger partial charge in [-0.05, 0) is 30.2 Å². The van der Waals surface area contributed by atoms with E-state index in [2.05, 4.69) is 31.9 Å². The first-order valence-electron chi connectivity index (χ1n) is 7.67. The number of hydrogen-bond acceptors (Lipinski definition) is 5. The molecule has 1 aliphatic rings. The van der Waals surface area contributed by atoms with Crippen LogP contribution in [0.2, 0.25) is 0 Å². The summed E-state index contributed by atoms with van der Waals surface area (Å²) in [5.74, 6) is 0. The molecule has 0 saturated carbocycles. The highest BCUT2D eigenvalue weighted by molar-refractivity contribution is 5.51. The number of likely N-dealkylation sites (N-methyl/N-ethyl adjacent to an activating group) is 1. The summed E-state index contributed by atoms with van der Waals surface area (Å²) in [5.41, 5.74) is 3.37. The van der Waals surface area contributed by atoms with E-state index in [1.54, 1.807) is 6.20 Å². The molecule has 0 spiro atoms. The lowest BCUT2D eigenvalue weighted by Crippen LogP contribution is -2.41. The molecule has 1 N–H and O–H groups in total. The van der Waals surface area contributed by atoms with Crippen LogP contribution in [0.3, 0.4) is 0 Å². The molecule has 2 aromatic heterocycles. The molecule has 3 rings (SSSR count). The average Bonchev–Trinajstić information content (AvgIpc) is 2.55. The molecule has 1 aliphatic heterocycles. The second-order valence-electron chi connectivity index (χ2n) is 5.78. The van der Waals surface area contributed by atoms with Crippen LogP contribution in [-0.2, 0) is 13.1 Å². The SMILES string of the molecule is CN1c2cccnc2CN(Cc2cccnc2)CC[C@H]1CO. The zero-order chi connectivity index (χ0) is 15.4. The highest BCUT2D eigenvalue weighted by Gasteiger charge is 2.23. The summed E-state index contributed by atoms with van der Waals surface area (Å²) in [6.07, 6.45) is 6.48. The molecule has 0 amide bonds. The van der Waals surface area contributed by atoms with Crippen molar-refractivity contribution in [2.45, 2.75) is 25.6 Å². The first-order valence-corrected chi connectivity index (χ1v) is 7.67. The van der Waals surface area contributed by atoms with Gasteiger partial charge in [-0.3, -0.25) is 14.9 Å². The Morgan fingerprint density at radius 1 is 1.27 bits per heavy atom. The van der Waals surface area contributed by atoms with Crippen LogP contribution in [0, 0.1) is 0 Å². The lowest BCUT2D eigenvalue weighted by Gasteiger charge is -2.35. The number of aromatic nitrogens is 2.